The number of rotatable bonds is 7. The fourth-order valence-corrected chi connectivity index (χ4v) is 7.12. The number of ether oxygens (including phenoxy) is 3. The van der Waals surface area contributed by atoms with E-state index in [0.29, 0.717) is 5.56 Å². The van der Waals surface area contributed by atoms with Crippen molar-refractivity contribution in [1.29, 1.82) is 0 Å². The molecule has 3 heterocycles. The molecule has 2 bridgehead atoms. The third-order valence-corrected chi connectivity index (χ3v) is 8.87. The summed E-state index contributed by atoms with van der Waals surface area (Å²) in [7, 11) is -2.53. The highest BCUT2D eigenvalue weighted by molar-refractivity contribution is 7.51. The lowest BCUT2D eigenvalue weighted by molar-refractivity contribution is -0.190. The van der Waals surface area contributed by atoms with Gasteiger partial charge >= 0.3 is 13.3 Å². The van der Waals surface area contributed by atoms with Crippen LogP contribution in [0.1, 0.15) is 22.1 Å². The Kier molecular flexibility index (Phi) is 7.13. The van der Waals surface area contributed by atoms with Crippen molar-refractivity contribution in [2.24, 2.45) is 0 Å². The van der Waals surface area contributed by atoms with Gasteiger partial charge in [0.05, 0.1) is 19.8 Å². The van der Waals surface area contributed by atoms with Crippen LogP contribution in [0.5, 0.6) is 0 Å². The predicted octanol–water partition coefficient (Wildman–Crippen LogP) is 2.73. The first-order chi connectivity index (χ1) is 21.6. The smallest absolute Gasteiger partial charge is 0.330 e. The molecule has 12 nitrogen and oxygen atoms in total. The Bertz CT molecular complexity index is 2200. The van der Waals surface area contributed by atoms with Crippen molar-refractivity contribution in [3.8, 4) is 11.8 Å². The maximum atomic E-state index is 13.2. The molecule has 2 aliphatic heterocycles. The molecule has 2 fully saturated rings. The van der Waals surface area contributed by atoms with E-state index in [-0.39, 0.29) is 31.2 Å². The third-order valence-electron chi connectivity index (χ3n) is 8.25. The summed E-state index contributed by atoms with van der Waals surface area (Å²) in [4.78, 5) is 50.8. The van der Waals surface area contributed by atoms with Crippen molar-refractivity contribution >= 4 is 45.8 Å². The molecule has 45 heavy (non-hydrogen) atoms. The number of fused-ring (bicyclic) bond motifs is 2. The quantitative estimate of drug-likeness (QED) is 0.140. The van der Waals surface area contributed by atoms with E-state index in [0.717, 1.165) is 43.5 Å². The summed E-state index contributed by atoms with van der Waals surface area (Å²) in [5.74, 6) is 5.17. The molecule has 4 aromatic carbocycles. The lowest BCUT2D eigenvalue weighted by Gasteiger charge is -2.31. The average Bonchev–Trinajstić information content (AvgIpc) is 3.48. The van der Waals surface area contributed by atoms with Crippen LogP contribution in [0.4, 0.5) is 0 Å². The molecule has 230 valence electrons. The molecule has 2 aliphatic rings. The number of benzene rings is 4. The first kappa shape index (κ1) is 29.4. The molecule has 2 unspecified atom stereocenters. The Morgan fingerprint density at radius 1 is 1.13 bits per heavy atom. The highest BCUT2D eigenvalue weighted by Gasteiger charge is 2.64. The summed E-state index contributed by atoms with van der Waals surface area (Å²) < 4.78 is 35.8. The predicted molar refractivity (Wildman–Crippen MR) is 166 cm³/mol. The average molecular weight is 630 g/mol. The third kappa shape index (κ3) is 5.04. The summed E-state index contributed by atoms with van der Waals surface area (Å²) in [5.41, 5.74) is -2.30. The van der Waals surface area contributed by atoms with Gasteiger partial charge in [0.1, 0.15) is 23.4 Å². The Morgan fingerprint density at radius 3 is 2.58 bits per heavy atom. The fourth-order valence-electron chi connectivity index (χ4n) is 6.39. The van der Waals surface area contributed by atoms with Gasteiger partial charge in [-0.3, -0.25) is 28.2 Å². The second kappa shape index (κ2) is 10.9. The van der Waals surface area contributed by atoms with Gasteiger partial charge in [-0.05, 0) is 38.4 Å². The van der Waals surface area contributed by atoms with E-state index in [1.165, 1.54) is 13.3 Å². The molecule has 1 amide bonds. The number of H-pyrrole nitrogens is 1. The molecule has 0 aliphatic carbocycles. The van der Waals surface area contributed by atoms with Gasteiger partial charge in [0.25, 0.3) is 11.5 Å². The van der Waals surface area contributed by atoms with E-state index in [2.05, 4.69) is 28.2 Å². The van der Waals surface area contributed by atoms with Gasteiger partial charge in [-0.15, -0.1) is 0 Å². The molecule has 7 rings (SSSR count). The van der Waals surface area contributed by atoms with Gasteiger partial charge in [0.15, 0.2) is 6.23 Å². The number of aromatic amines is 1. The topological polar surface area (TPSA) is 158 Å². The van der Waals surface area contributed by atoms with Crippen LogP contribution >= 0.6 is 7.60 Å². The Labute approximate surface area is 255 Å². The van der Waals surface area contributed by atoms with E-state index in [4.69, 9.17) is 18.7 Å². The standard InChI is InChI=1S/C32H28N3O9P/c1-41-16-32-17-42-26(27(32)44-45(2,39)40)30(43-32)35-15-21(28(36)34-31(35)38)7-4-14-33-29(37)23-13-11-20-9-8-18-5-3-6-19-10-12-22(23)25(20)24(18)19/h3,5-6,8-13,15,26-27,30H,14,16-17H2,1-2H3,(H,33,37)(H,39,40)(H,34,36,38)/t26-,27?,30-,32-/m1/s1. The van der Waals surface area contributed by atoms with Crippen LogP contribution in [0.3, 0.4) is 0 Å². The van der Waals surface area contributed by atoms with Crippen molar-refractivity contribution in [3.63, 3.8) is 0 Å². The van der Waals surface area contributed by atoms with Crippen LogP contribution in [0, 0.1) is 11.8 Å². The van der Waals surface area contributed by atoms with Gasteiger partial charge < -0.3 is 24.4 Å². The van der Waals surface area contributed by atoms with Crippen LogP contribution in [-0.2, 0) is 23.3 Å². The highest BCUT2D eigenvalue weighted by atomic mass is 31.2. The van der Waals surface area contributed by atoms with Crippen molar-refractivity contribution < 1.29 is 33.0 Å². The molecule has 0 radical (unpaired) electrons. The van der Waals surface area contributed by atoms with Gasteiger partial charge in [0.2, 0.25) is 0 Å². The zero-order valence-corrected chi connectivity index (χ0v) is 25.1. The second-order valence-electron chi connectivity index (χ2n) is 11.3. The van der Waals surface area contributed by atoms with Crippen LogP contribution < -0.4 is 16.6 Å². The maximum absolute atomic E-state index is 13.2. The lowest BCUT2D eigenvalue weighted by atomic mass is 9.92. The number of nitrogens with one attached hydrogen (secondary N) is 2. The van der Waals surface area contributed by atoms with Gasteiger partial charge in [-0.1, -0.05) is 60.4 Å². The van der Waals surface area contributed by atoms with E-state index in [1.54, 1.807) is 6.07 Å². The normalized spacial score (nSPS) is 23.8. The number of methoxy groups -OCH3 is 1. The molecule has 0 spiro atoms. The van der Waals surface area contributed by atoms with Crippen molar-refractivity contribution in [2.75, 3.05) is 33.5 Å². The van der Waals surface area contributed by atoms with Crippen LogP contribution in [0.2, 0.25) is 0 Å². The SMILES string of the molecule is COC[C@@]12CO[C@H](C1OP(C)(=O)O)[C@H](n1cc(C#CCNC(=O)c3ccc4ccc5cccc6ccc3c4c56)c(=O)[nH]c1=O)O2. The number of hydrogen-bond acceptors (Lipinski definition) is 8. The zero-order valence-electron chi connectivity index (χ0n) is 24.2. The minimum Gasteiger partial charge on any atom is -0.381 e. The molecule has 1 aromatic heterocycles. The van der Waals surface area contributed by atoms with Crippen LogP contribution in [0.25, 0.3) is 32.3 Å². The fraction of sp³-hybridized carbons (Fsp3) is 0.281. The van der Waals surface area contributed by atoms with Crippen molar-refractivity contribution in [2.45, 2.75) is 24.0 Å². The second-order valence-corrected chi connectivity index (χ2v) is 13.1. The summed E-state index contributed by atoms with van der Waals surface area (Å²) >= 11 is 0. The maximum Gasteiger partial charge on any atom is 0.330 e. The molecule has 2 saturated heterocycles. The molecule has 5 atom stereocenters. The van der Waals surface area contributed by atoms with Gasteiger partial charge in [-0.25, -0.2) is 4.79 Å². The van der Waals surface area contributed by atoms with Gasteiger partial charge in [-0.2, -0.15) is 0 Å². The summed E-state index contributed by atoms with van der Waals surface area (Å²) in [5, 5.41) is 8.97. The largest absolute Gasteiger partial charge is 0.381 e. The zero-order chi connectivity index (χ0) is 31.5. The first-order valence-corrected chi connectivity index (χ1v) is 16.2. The monoisotopic (exact) mass is 629 g/mol. The van der Waals surface area contributed by atoms with E-state index >= 15 is 0 Å². The van der Waals surface area contributed by atoms with Crippen LogP contribution in [-0.4, -0.2) is 71.7 Å². The first-order valence-electron chi connectivity index (χ1n) is 14.1. The van der Waals surface area contributed by atoms with E-state index < -0.39 is 42.9 Å². The van der Waals surface area contributed by atoms with Gasteiger partial charge in [0, 0.05) is 25.5 Å². The molecule has 0 saturated carbocycles. The molecular weight excluding hydrogens is 601 g/mol. The number of hydrogen-bond donors (Lipinski definition) is 3. The molecule has 3 N–H and O–H groups in total. The number of amides is 1. The molecule has 5 aromatic rings. The lowest BCUT2D eigenvalue weighted by Crippen LogP contribution is -2.46. The van der Waals surface area contributed by atoms with Crippen LogP contribution in [0.15, 0.2) is 70.4 Å². The number of nitrogens with zero attached hydrogens (tertiary/aromatic N) is 1. The number of aromatic nitrogens is 2. The summed E-state index contributed by atoms with van der Waals surface area (Å²) in [6.07, 6.45) is -1.81. The minimum atomic E-state index is -3.96. The molecule has 13 heteroatoms. The van der Waals surface area contributed by atoms with Crippen molar-refractivity contribution in [1.82, 2.24) is 14.9 Å². The number of carbonyl (C=O) groups is 1. The highest BCUT2D eigenvalue weighted by Crippen LogP contribution is 2.52. The van der Waals surface area contributed by atoms with Crippen molar-refractivity contribution in [3.05, 3.63) is 92.8 Å². The number of carbonyl (C=O) groups excluding carboxylic acids is 1. The van der Waals surface area contributed by atoms with E-state index in [9.17, 15) is 23.8 Å². The minimum absolute atomic E-state index is 0.0171. The Morgan fingerprint density at radius 2 is 1.84 bits per heavy atom. The summed E-state index contributed by atoms with van der Waals surface area (Å²) in [6.45, 7) is 0.966. The Balaban J connectivity index is 1.13. The Hall–Kier alpha value is -4.34. The van der Waals surface area contributed by atoms with E-state index in [1.807, 2.05) is 42.5 Å². The summed E-state index contributed by atoms with van der Waals surface area (Å²) in [6, 6.07) is 17.9. The molecular formula is C32H28N3O9P.